The summed E-state index contributed by atoms with van der Waals surface area (Å²) < 4.78 is 7.38. The third-order valence-corrected chi connectivity index (χ3v) is 2.44. The van der Waals surface area contributed by atoms with Crippen LogP contribution in [0.1, 0.15) is 12.7 Å². The maximum atomic E-state index is 11.2. The predicted octanol–water partition coefficient (Wildman–Crippen LogP) is 1.60. The van der Waals surface area contributed by atoms with Crippen molar-refractivity contribution in [2.45, 2.75) is 13.3 Å². The molecule has 0 amide bonds. The van der Waals surface area contributed by atoms with Crippen LogP contribution in [0.4, 0.5) is 0 Å². The highest BCUT2D eigenvalue weighted by Gasteiger charge is 2.09. The van der Waals surface area contributed by atoms with Gasteiger partial charge in [-0.25, -0.2) is 9.50 Å². The minimum absolute atomic E-state index is 0.104. The average Bonchev–Trinajstić information content (AvgIpc) is 2.59. The monoisotopic (exact) mass is 283 g/mol. The standard InChI is InChI=1S/C10H10BrN3O2/c1-2-16-10(15)6-8-12-9-5-7(11)3-4-14(9)13-8/h3-5H,2,6H2,1H3. The average molecular weight is 284 g/mol. The lowest BCUT2D eigenvalue weighted by atomic mass is 10.4. The van der Waals surface area contributed by atoms with Gasteiger partial charge >= 0.3 is 5.97 Å². The summed E-state index contributed by atoms with van der Waals surface area (Å²) in [5, 5.41) is 4.16. The van der Waals surface area contributed by atoms with Crippen molar-refractivity contribution in [2.24, 2.45) is 0 Å². The van der Waals surface area contributed by atoms with E-state index in [0.29, 0.717) is 18.1 Å². The van der Waals surface area contributed by atoms with Gasteiger partial charge in [0.2, 0.25) is 0 Å². The smallest absolute Gasteiger partial charge is 0.313 e. The Morgan fingerprint density at radius 2 is 2.44 bits per heavy atom. The lowest BCUT2D eigenvalue weighted by Crippen LogP contribution is -2.08. The van der Waals surface area contributed by atoms with Crippen molar-refractivity contribution in [1.29, 1.82) is 0 Å². The molecule has 0 N–H and O–H groups in total. The van der Waals surface area contributed by atoms with Crippen LogP contribution in [0, 0.1) is 0 Å². The van der Waals surface area contributed by atoms with E-state index in [9.17, 15) is 4.79 Å². The molecule has 2 rings (SSSR count). The van der Waals surface area contributed by atoms with E-state index in [1.165, 1.54) is 0 Å². The van der Waals surface area contributed by atoms with Crippen molar-refractivity contribution in [3.05, 3.63) is 28.6 Å². The fourth-order valence-corrected chi connectivity index (χ4v) is 1.64. The summed E-state index contributed by atoms with van der Waals surface area (Å²) >= 11 is 3.34. The zero-order chi connectivity index (χ0) is 11.5. The summed E-state index contributed by atoms with van der Waals surface area (Å²) in [6.07, 6.45) is 1.88. The summed E-state index contributed by atoms with van der Waals surface area (Å²) in [5.74, 6) is 0.161. The minimum Gasteiger partial charge on any atom is -0.466 e. The summed E-state index contributed by atoms with van der Waals surface area (Å²) in [5.41, 5.74) is 0.702. The Bertz CT molecular complexity index is 524. The lowest BCUT2D eigenvalue weighted by Gasteiger charge is -1.96. The molecule has 2 heterocycles. The number of nitrogens with zero attached hydrogens (tertiary/aromatic N) is 3. The molecule has 0 unspecified atom stereocenters. The molecule has 2 aromatic rings. The largest absolute Gasteiger partial charge is 0.466 e. The lowest BCUT2D eigenvalue weighted by molar-refractivity contribution is -0.142. The molecule has 0 aromatic carbocycles. The van der Waals surface area contributed by atoms with Gasteiger partial charge in [0.25, 0.3) is 0 Å². The van der Waals surface area contributed by atoms with E-state index >= 15 is 0 Å². The van der Waals surface area contributed by atoms with Crippen molar-refractivity contribution in [3.63, 3.8) is 0 Å². The maximum absolute atomic E-state index is 11.2. The highest BCUT2D eigenvalue weighted by Crippen LogP contribution is 2.11. The van der Waals surface area contributed by atoms with Crippen LogP contribution in [0.3, 0.4) is 0 Å². The Labute approximate surface area is 101 Å². The molecule has 0 fully saturated rings. The molecule has 6 heteroatoms. The first-order valence-electron chi connectivity index (χ1n) is 4.85. The third kappa shape index (κ3) is 2.38. The number of hydrogen-bond donors (Lipinski definition) is 0. The van der Waals surface area contributed by atoms with Gasteiger partial charge in [-0.3, -0.25) is 4.79 Å². The molecule has 0 aliphatic rings. The summed E-state index contributed by atoms with van der Waals surface area (Å²) in [6.45, 7) is 2.14. The van der Waals surface area contributed by atoms with Gasteiger partial charge in [-0.15, -0.1) is 0 Å². The Balaban J connectivity index is 2.23. The second kappa shape index (κ2) is 4.61. The normalized spacial score (nSPS) is 10.6. The molecule has 16 heavy (non-hydrogen) atoms. The van der Waals surface area contributed by atoms with Crippen LogP contribution in [0.15, 0.2) is 22.8 Å². The predicted molar refractivity (Wildman–Crippen MR) is 61.0 cm³/mol. The maximum Gasteiger partial charge on any atom is 0.313 e. The zero-order valence-corrected chi connectivity index (χ0v) is 10.3. The first-order valence-corrected chi connectivity index (χ1v) is 5.65. The van der Waals surface area contributed by atoms with Crippen LogP contribution in [0.5, 0.6) is 0 Å². The SMILES string of the molecule is CCOC(=O)Cc1nc2cc(Br)ccn2n1. The van der Waals surface area contributed by atoms with Crippen molar-refractivity contribution >= 4 is 27.5 Å². The van der Waals surface area contributed by atoms with Gasteiger partial charge in [-0.1, -0.05) is 15.9 Å². The van der Waals surface area contributed by atoms with Crippen LogP contribution in [0.25, 0.3) is 5.65 Å². The molecule has 84 valence electrons. The number of esters is 1. The second-order valence-corrected chi connectivity index (χ2v) is 4.07. The van der Waals surface area contributed by atoms with Crippen molar-refractivity contribution < 1.29 is 9.53 Å². The zero-order valence-electron chi connectivity index (χ0n) is 8.68. The first kappa shape index (κ1) is 11.1. The Hall–Kier alpha value is -1.43. The van der Waals surface area contributed by atoms with E-state index in [1.807, 2.05) is 12.1 Å². The van der Waals surface area contributed by atoms with Gasteiger partial charge in [-0.05, 0) is 19.1 Å². The fourth-order valence-electron chi connectivity index (χ4n) is 1.32. The summed E-state index contributed by atoms with van der Waals surface area (Å²) in [4.78, 5) is 15.5. The Morgan fingerprint density at radius 1 is 1.62 bits per heavy atom. The highest BCUT2D eigenvalue weighted by atomic mass is 79.9. The highest BCUT2D eigenvalue weighted by molar-refractivity contribution is 9.10. The molecular formula is C10H10BrN3O2. The number of hydrogen-bond acceptors (Lipinski definition) is 4. The summed E-state index contributed by atoms with van der Waals surface area (Å²) in [6, 6.07) is 3.69. The molecule has 0 atom stereocenters. The molecule has 0 radical (unpaired) electrons. The van der Waals surface area contributed by atoms with E-state index in [0.717, 1.165) is 4.47 Å². The van der Waals surface area contributed by atoms with Gasteiger partial charge in [0.15, 0.2) is 11.5 Å². The molecule has 0 aliphatic heterocycles. The van der Waals surface area contributed by atoms with E-state index in [-0.39, 0.29) is 12.4 Å². The third-order valence-electron chi connectivity index (χ3n) is 1.95. The number of pyridine rings is 1. The fraction of sp³-hybridized carbons (Fsp3) is 0.300. The number of carbonyl (C=O) groups excluding carboxylic acids is 1. The molecular weight excluding hydrogens is 274 g/mol. The molecule has 0 bridgehead atoms. The minimum atomic E-state index is -0.308. The number of fused-ring (bicyclic) bond motifs is 1. The topological polar surface area (TPSA) is 56.5 Å². The Morgan fingerprint density at radius 3 is 3.19 bits per heavy atom. The molecule has 0 saturated carbocycles. The number of carbonyl (C=O) groups is 1. The van der Waals surface area contributed by atoms with E-state index in [1.54, 1.807) is 17.6 Å². The summed E-state index contributed by atoms with van der Waals surface area (Å²) in [7, 11) is 0. The molecule has 5 nitrogen and oxygen atoms in total. The van der Waals surface area contributed by atoms with Crippen molar-refractivity contribution in [1.82, 2.24) is 14.6 Å². The first-order chi connectivity index (χ1) is 7.69. The number of rotatable bonds is 3. The molecule has 2 aromatic heterocycles. The number of ether oxygens (including phenoxy) is 1. The van der Waals surface area contributed by atoms with Crippen LogP contribution in [0.2, 0.25) is 0 Å². The quantitative estimate of drug-likeness (QED) is 0.803. The van der Waals surface area contributed by atoms with Crippen LogP contribution in [-0.4, -0.2) is 27.2 Å². The molecule has 0 saturated heterocycles. The van der Waals surface area contributed by atoms with Gasteiger partial charge in [0.1, 0.15) is 6.42 Å². The second-order valence-electron chi connectivity index (χ2n) is 3.16. The van der Waals surface area contributed by atoms with Crippen molar-refractivity contribution in [3.8, 4) is 0 Å². The van der Waals surface area contributed by atoms with Gasteiger partial charge < -0.3 is 4.74 Å². The molecule has 0 spiro atoms. The van der Waals surface area contributed by atoms with Crippen molar-refractivity contribution in [2.75, 3.05) is 6.61 Å². The van der Waals surface area contributed by atoms with Crippen LogP contribution in [-0.2, 0) is 16.0 Å². The number of aromatic nitrogens is 3. The van der Waals surface area contributed by atoms with E-state index < -0.39 is 0 Å². The van der Waals surface area contributed by atoms with E-state index in [4.69, 9.17) is 4.74 Å². The molecule has 0 aliphatic carbocycles. The van der Waals surface area contributed by atoms with Crippen LogP contribution < -0.4 is 0 Å². The van der Waals surface area contributed by atoms with E-state index in [2.05, 4.69) is 26.0 Å². The van der Waals surface area contributed by atoms with Gasteiger partial charge in [-0.2, -0.15) is 5.10 Å². The Kier molecular flexibility index (Phi) is 3.19. The number of halogens is 1. The van der Waals surface area contributed by atoms with Gasteiger partial charge in [0, 0.05) is 10.7 Å². The van der Waals surface area contributed by atoms with Gasteiger partial charge in [0.05, 0.1) is 6.61 Å². The van der Waals surface area contributed by atoms with Crippen LogP contribution >= 0.6 is 15.9 Å².